The second-order valence-electron chi connectivity index (χ2n) is 6.28. The fourth-order valence-electron chi connectivity index (χ4n) is 3.25. The van der Waals surface area contributed by atoms with Crippen molar-refractivity contribution in [2.45, 2.75) is 0 Å². The third-order valence-corrected chi connectivity index (χ3v) is 4.87. The average Bonchev–Trinajstić information content (AvgIpc) is 3.38. The lowest BCUT2D eigenvalue weighted by Gasteiger charge is -2.12. The molecule has 0 aliphatic carbocycles. The minimum absolute atomic E-state index is 0.166. The zero-order valence-corrected chi connectivity index (χ0v) is 16.5. The Morgan fingerprint density at radius 2 is 1.76 bits per heavy atom. The molecule has 2 aromatic carbocycles. The van der Waals surface area contributed by atoms with Gasteiger partial charge in [-0.05, 0) is 18.2 Å². The number of aromatic amines is 2. The number of hydrogen-bond donors (Lipinski definition) is 3. The summed E-state index contributed by atoms with van der Waals surface area (Å²) < 4.78 is 10.5. The molecular weight excluding hydrogens is 390 g/mol. The van der Waals surface area contributed by atoms with Crippen LogP contribution in [0, 0.1) is 0 Å². The van der Waals surface area contributed by atoms with Crippen LogP contribution in [0.15, 0.2) is 48.8 Å². The number of ether oxygens (including phenoxy) is 2. The highest BCUT2D eigenvalue weighted by Gasteiger charge is 2.22. The van der Waals surface area contributed by atoms with Gasteiger partial charge >= 0.3 is 0 Å². The lowest BCUT2D eigenvalue weighted by atomic mass is 10.0. The number of nitrogens with zero attached hydrogens (tertiary/aromatic N) is 1. The first-order chi connectivity index (χ1) is 14.0. The molecule has 0 radical (unpaired) electrons. The third kappa shape index (κ3) is 3.27. The first kappa shape index (κ1) is 18.8. The van der Waals surface area contributed by atoms with Gasteiger partial charge in [0, 0.05) is 28.2 Å². The number of thiol groups is 1. The normalized spacial score (nSPS) is 10.9. The van der Waals surface area contributed by atoms with Crippen LogP contribution in [-0.4, -0.2) is 40.1 Å². The van der Waals surface area contributed by atoms with Crippen molar-refractivity contribution in [2.24, 2.45) is 0 Å². The molecule has 2 N–H and O–H groups in total. The summed E-state index contributed by atoms with van der Waals surface area (Å²) >= 11 is 3.85. The van der Waals surface area contributed by atoms with Gasteiger partial charge in [0.05, 0.1) is 20.4 Å². The molecule has 2 aromatic heterocycles. The van der Waals surface area contributed by atoms with E-state index in [9.17, 15) is 9.59 Å². The van der Waals surface area contributed by atoms with Crippen LogP contribution in [0.25, 0.3) is 22.3 Å². The van der Waals surface area contributed by atoms with E-state index in [1.807, 2.05) is 30.5 Å². The number of hydrogen-bond acceptors (Lipinski definition) is 5. The maximum absolute atomic E-state index is 13.0. The van der Waals surface area contributed by atoms with E-state index in [0.717, 1.165) is 16.5 Å². The zero-order chi connectivity index (χ0) is 20.5. The predicted octanol–water partition coefficient (Wildman–Crippen LogP) is 3.88. The molecule has 4 rings (SSSR count). The molecule has 146 valence electrons. The molecule has 29 heavy (non-hydrogen) atoms. The van der Waals surface area contributed by atoms with E-state index in [4.69, 9.17) is 9.47 Å². The van der Waals surface area contributed by atoms with Crippen molar-refractivity contribution >= 4 is 34.4 Å². The Hall–Kier alpha value is -3.52. The second-order valence-corrected chi connectivity index (χ2v) is 6.69. The Labute approximate surface area is 171 Å². The SMILES string of the molecule is COc1cc(C(=O)c2cnc(-c3c[nH]c4ccccc34)[nH]2)cc(OC)c1C(=O)S. The zero-order valence-electron chi connectivity index (χ0n) is 15.6. The molecule has 0 saturated heterocycles. The molecule has 2 heterocycles. The van der Waals surface area contributed by atoms with Gasteiger partial charge in [-0.25, -0.2) is 4.98 Å². The van der Waals surface area contributed by atoms with Crippen molar-refractivity contribution in [3.63, 3.8) is 0 Å². The van der Waals surface area contributed by atoms with Crippen LogP contribution >= 0.6 is 12.6 Å². The van der Waals surface area contributed by atoms with Crippen LogP contribution in [0.5, 0.6) is 11.5 Å². The number of rotatable bonds is 6. The summed E-state index contributed by atoms with van der Waals surface area (Å²) in [7, 11) is 2.82. The average molecular weight is 407 g/mol. The Morgan fingerprint density at radius 1 is 1.07 bits per heavy atom. The summed E-state index contributed by atoms with van der Waals surface area (Å²) in [6.45, 7) is 0. The Bertz CT molecular complexity index is 1220. The first-order valence-corrected chi connectivity index (χ1v) is 9.13. The van der Waals surface area contributed by atoms with E-state index in [1.54, 1.807) is 0 Å². The van der Waals surface area contributed by atoms with Gasteiger partial charge in [0.25, 0.3) is 0 Å². The van der Waals surface area contributed by atoms with E-state index >= 15 is 0 Å². The summed E-state index contributed by atoms with van der Waals surface area (Å²) in [6, 6.07) is 10.8. The fraction of sp³-hybridized carbons (Fsp3) is 0.0952. The standard InChI is InChI=1S/C21H17N3O4S/c1-27-16-7-11(8-17(28-2)18(16)21(26)29)19(25)15-10-23-20(24-15)13-9-22-14-6-4-3-5-12(13)14/h3-10,22H,1-2H3,(H,23,24)(H,26,29). The number of H-pyrrole nitrogens is 2. The van der Waals surface area contributed by atoms with Crippen molar-refractivity contribution in [3.05, 3.63) is 65.6 Å². The maximum atomic E-state index is 13.0. The Kier molecular flexibility index (Phi) is 4.85. The van der Waals surface area contributed by atoms with Crippen LogP contribution in [0.2, 0.25) is 0 Å². The lowest BCUT2D eigenvalue weighted by Crippen LogP contribution is -2.06. The minimum Gasteiger partial charge on any atom is -0.496 e. The lowest BCUT2D eigenvalue weighted by molar-refractivity contribution is 0.103. The number of fused-ring (bicyclic) bond motifs is 1. The highest BCUT2D eigenvalue weighted by atomic mass is 32.1. The van der Waals surface area contributed by atoms with Gasteiger partial charge in [-0.1, -0.05) is 18.2 Å². The van der Waals surface area contributed by atoms with Gasteiger partial charge in [0.15, 0.2) is 0 Å². The van der Waals surface area contributed by atoms with Crippen molar-refractivity contribution < 1.29 is 19.1 Å². The highest BCUT2D eigenvalue weighted by Crippen LogP contribution is 2.33. The van der Waals surface area contributed by atoms with Crippen LogP contribution in [0.3, 0.4) is 0 Å². The van der Waals surface area contributed by atoms with Crippen LogP contribution in [0.4, 0.5) is 0 Å². The smallest absolute Gasteiger partial charge is 0.223 e. The minimum atomic E-state index is -0.513. The van der Waals surface area contributed by atoms with E-state index in [-0.39, 0.29) is 22.8 Å². The molecular formula is C21H17N3O4S. The molecule has 0 aliphatic rings. The molecule has 0 fully saturated rings. The van der Waals surface area contributed by atoms with Crippen molar-refractivity contribution in [1.82, 2.24) is 15.0 Å². The van der Waals surface area contributed by atoms with Crippen LogP contribution in [0.1, 0.15) is 26.4 Å². The van der Waals surface area contributed by atoms with E-state index in [0.29, 0.717) is 17.1 Å². The molecule has 0 bridgehead atoms. The highest BCUT2D eigenvalue weighted by molar-refractivity contribution is 7.97. The summed E-state index contributed by atoms with van der Waals surface area (Å²) in [5, 5.41) is 0.488. The quantitative estimate of drug-likeness (QED) is 0.333. The number of benzene rings is 2. The van der Waals surface area contributed by atoms with Crippen molar-refractivity contribution in [1.29, 1.82) is 0 Å². The number of para-hydroxylation sites is 1. The summed E-state index contributed by atoms with van der Waals surface area (Å²) in [5.74, 6) is 0.693. The van der Waals surface area contributed by atoms with E-state index in [2.05, 4.69) is 27.6 Å². The number of aromatic nitrogens is 3. The number of methoxy groups -OCH3 is 2. The number of carbonyl (C=O) groups is 2. The van der Waals surface area contributed by atoms with Gasteiger partial charge in [-0.2, -0.15) is 0 Å². The van der Waals surface area contributed by atoms with Crippen LogP contribution < -0.4 is 9.47 Å². The number of imidazole rings is 1. The second kappa shape index (κ2) is 7.48. The van der Waals surface area contributed by atoms with Crippen LogP contribution in [-0.2, 0) is 0 Å². The van der Waals surface area contributed by atoms with Gasteiger partial charge in [-0.3, -0.25) is 9.59 Å². The third-order valence-electron chi connectivity index (χ3n) is 4.65. The predicted molar refractivity (Wildman–Crippen MR) is 112 cm³/mol. The number of carbonyl (C=O) groups excluding carboxylic acids is 2. The molecule has 8 heteroatoms. The maximum Gasteiger partial charge on any atom is 0.223 e. The van der Waals surface area contributed by atoms with Gasteiger partial charge in [0.2, 0.25) is 10.9 Å². The number of ketones is 1. The molecule has 0 atom stereocenters. The summed E-state index contributed by atoms with van der Waals surface area (Å²) in [4.78, 5) is 35.4. The molecule has 0 amide bonds. The Morgan fingerprint density at radius 3 is 2.41 bits per heavy atom. The topological polar surface area (TPSA) is 97.1 Å². The van der Waals surface area contributed by atoms with Gasteiger partial charge < -0.3 is 19.4 Å². The van der Waals surface area contributed by atoms with E-state index < -0.39 is 5.12 Å². The number of nitrogens with one attached hydrogen (secondary N) is 2. The van der Waals surface area contributed by atoms with Crippen molar-refractivity contribution in [2.75, 3.05) is 14.2 Å². The molecule has 4 aromatic rings. The molecule has 7 nitrogen and oxygen atoms in total. The summed E-state index contributed by atoms with van der Waals surface area (Å²) in [6.07, 6.45) is 3.33. The molecule has 0 saturated carbocycles. The molecule has 0 aliphatic heterocycles. The Balaban J connectivity index is 1.74. The van der Waals surface area contributed by atoms with E-state index in [1.165, 1.54) is 32.5 Å². The largest absolute Gasteiger partial charge is 0.496 e. The van der Waals surface area contributed by atoms with Gasteiger partial charge in [-0.15, -0.1) is 12.6 Å². The molecule has 0 spiro atoms. The van der Waals surface area contributed by atoms with Crippen molar-refractivity contribution in [3.8, 4) is 22.9 Å². The fourth-order valence-corrected chi connectivity index (χ4v) is 3.47. The van der Waals surface area contributed by atoms with Gasteiger partial charge in [0.1, 0.15) is 28.6 Å². The summed E-state index contributed by atoms with van der Waals surface area (Å²) in [5.41, 5.74) is 2.61. The monoisotopic (exact) mass is 407 g/mol. The first-order valence-electron chi connectivity index (χ1n) is 8.69. The molecule has 0 unspecified atom stereocenters.